The Morgan fingerprint density at radius 1 is 1.02 bits per heavy atom. The van der Waals surface area contributed by atoms with Gasteiger partial charge in [0.05, 0.1) is 44.8 Å². The van der Waals surface area contributed by atoms with Crippen molar-refractivity contribution < 1.29 is 39.6 Å². The molecule has 3 aliphatic rings. The minimum Gasteiger partial charge on any atom is -0.371 e. The second kappa shape index (κ2) is 15.0. The average molecular weight is 916 g/mol. The first-order valence-electron chi connectivity index (χ1n) is 20.1. The molecule has 3 aromatic carbocycles. The van der Waals surface area contributed by atoms with E-state index in [1.54, 1.807) is 18.2 Å². The van der Waals surface area contributed by atoms with Gasteiger partial charge in [-0.2, -0.15) is 19.0 Å². The standard InChI is InChI=1S/C42H40ClF6N9O4S/c1-41(2)9-11-56(12-10-41)23-5-6-24-28(17-23)51-39(58(40(24)60)30-8-7-27(43)33-35(30)55(3)53-38(33)54-63(4,61)62)29(15-20-13-21(44)16-22(45)14-20)50-31(59)19-57-36-32(34(52-57)37(46)47)25-18-26(25)42(36,48)49/h5-8,13-14,16-17,25-26,29,37H,9-12,15,18-19H2,1-4H3,(H,50,59)(H,53,54)/t25-,26+,29-/m0/s1. The summed E-state index contributed by atoms with van der Waals surface area (Å²) in [5.74, 6) is -8.84. The molecule has 0 bridgehead atoms. The molecule has 2 N–H and O–H groups in total. The van der Waals surface area contributed by atoms with Crippen LogP contribution in [0.4, 0.5) is 37.8 Å². The summed E-state index contributed by atoms with van der Waals surface area (Å²) >= 11 is 6.65. The summed E-state index contributed by atoms with van der Waals surface area (Å²) in [6, 6.07) is 9.13. The summed E-state index contributed by atoms with van der Waals surface area (Å²) < 4.78 is 119. The van der Waals surface area contributed by atoms with E-state index in [0.29, 0.717) is 23.8 Å². The van der Waals surface area contributed by atoms with Gasteiger partial charge in [0.1, 0.15) is 35.4 Å². The van der Waals surface area contributed by atoms with Crippen LogP contribution in [0.25, 0.3) is 27.5 Å². The summed E-state index contributed by atoms with van der Waals surface area (Å²) in [5.41, 5.74) is -1.32. The third-order valence-electron chi connectivity index (χ3n) is 12.3. The number of rotatable bonds is 11. The number of carbonyl (C=O) groups is 1. The van der Waals surface area contributed by atoms with Crippen LogP contribution in [-0.2, 0) is 40.8 Å². The SMILES string of the molecule is Cn1nc(NS(C)(=O)=O)c2c(Cl)ccc(-n3c([C@H](Cc4cc(F)cc(F)c4)NC(=O)Cn4nc(C(F)F)c5c4C(F)(F)[C@@H]4C[C@H]54)nc4cc(N5CCC(C)(C)CC5)ccc4c3=O)c21. The van der Waals surface area contributed by atoms with E-state index >= 15 is 13.6 Å². The molecule has 3 aromatic heterocycles. The molecule has 332 valence electrons. The lowest BCUT2D eigenvalue weighted by atomic mass is 9.82. The highest BCUT2D eigenvalue weighted by Gasteiger charge is 2.67. The number of nitrogens with zero attached hydrogens (tertiary/aromatic N) is 7. The zero-order chi connectivity index (χ0) is 45.1. The normalized spacial score (nSPS) is 19.4. The van der Waals surface area contributed by atoms with Gasteiger partial charge in [0.25, 0.3) is 17.9 Å². The average Bonchev–Trinajstić information content (AvgIpc) is 3.72. The number of benzene rings is 3. The van der Waals surface area contributed by atoms with Crippen molar-refractivity contribution in [1.29, 1.82) is 0 Å². The van der Waals surface area contributed by atoms with Crippen molar-refractivity contribution in [3.63, 3.8) is 0 Å². The van der Waals surface area contributed by atoms with Gasteiger partial charge in [-0.1, -0.05) is 25.4 Å². The van der Waals surface area contributed by atoms with E-state index in [1.165, 1.54) is 23.9 Å². The molecule has 1 amide bonds. The Hall–Kier alpha value is -5.63. The smallest absolute Gasteiger partial charge is 0.293 e. The maximum absolute atomic E-state index is 15.6. The Morgan fingerprint density at radius 3 is 2.38 bits per heavy atom. The van der Waals surface area contributed by atoms with E-state index in [4.69, 9.17) is 16.6 Å². The van der Waals surface area contributed by atoms with E-state index in [0.717, 1.165) is 41.5 Å². The molecule has 6 aromatic rings. The van der Waals surface area contributed by atoms with E-state index in [2.05, 4.69) is 39.0 Å². The van der Waals surface area contributed by atoms with E-state index < -0.39 is 87.7 Å². The molecular formula is C42H40ClF6N9O4S. The van der Waals surface area contributed by atoms with Gasteiger partial charge < -0.3 is 10.2 Å². The number of nitrogens with one attached hydrogen (secondary N) is 2. The molecule has 0 spiro atoms. The molecule has 0 unspecified atom stereocenters. The number of aromatic nitrogens is 6. The van der Waals surface area contributed by atoms with Crippen LogP contribution in [0.2, 0.25) is 5.02 Å². The summed E-state index contributed by atoms with van der Waals surface area (Å²) in [7, 11) is -2.42. The molecule has 3 atom stereocenters. The lowest BCUT2D eigenvalue weighted by Crippen LogP contribution is -2.38. The second-order valence-corrected chi connectivity index (χ2v) is 19.5. The third-order valence-corrected chi connectivity index (χ3v) is 13.1. The molecule has 0 radical (unpaired) electrons. The topological polar surface area (TPSA) is 149 Å². The molecule has 4 heterocycles. The largest absolute Gasteiger partial charge is 0.371 e. The highest BCUT2D eigenvalue weighted by Crippen LogP contribution is 2.68. The Kier molecular flexibility index (Phi) is 10.2. The lowest BCUT2D eigenvalue weighted by Gasteiger charge is -2.38. The van der Waals surface area contributed by atoms with Crippen LogP contribution in [0, 0.1) is 23.0 Å². The Labute approximate surface area is 361 Å². The van der Waals surface area contributed by atoms with Crippen LogP contribution in [-0.4, -0.2) is 62.8 Å². The fourth-order valence-corrected chi connectivity index (χ4v) is 9.87. The highest BCUT2D eigenvalue weighted by atomic mass is 35.5. The summed E-state index contributed by atoms with van der Waals surface area (Å²) in [6.45, 7) is 4.83. The molecule has 63 heavy (non-hydrogen) atoms. The second-order valence-electron chi connectivity index (χ2n) is 17.4. The summed E-state index contributed by atoms with van der Waals surface area (Å²) in [5, 5.41) is 11.1. The molecule has 1 aliphatic heterocycles. The van der Waals surface area contributed by atoms with E-state index in [1.807, 2.05) is 0 Å². The number of amides is 1. The molecule has 21 heteroatoms. The van der Waals surface area contributed by atoms with E-state index in [9.17, 15) is 30.8 Å². The van der Waals surface area contributed by atoms with Gasteiger partial charge >= 0.3 is 0 Å². The number of aryl methyl sites for hydroxylation is 1. The molecule has 2 fully saturated rings. The quantitative estimate of drug-likeness (QED) is 0.126. The van der Waals surface area contributed by atoms with Crippen LogP contribution in [0.15, 0.2) is 53.3 Å². The highest BCUT2D eigenvalue weighted by molar-refractivity contribution is 7.92. The maximum atomic E-state index is 15.6. The predicted molar refractivity (Wildman–Crippen MR) is 223 cm³/mol. The van der Waals surface area contributed by atoms with Crippen LogP contribution in [0.3, 0.4) is 0 Å². The van der Waals surface area contributed by atoms with Crippen LogP contribution < -0.4 is 20.5 Å². The fourth-order valence-electron chi connectivity index (χ4n) is 9.14. The van der Waals surface area contributed by atoms with Gasteiger partial charge in [-0.15, -0.1) is 0 Å². The number of halogens is 7. The Morgan fingerprint density at radius 2 is 1.71 bits per heavy atom. The van der Waals surface area contributed by atoms with Crippen molar-refractivity contribution in [3.8, 4) is 5.69 Å². The van der Waals surface area contributed by atoms with Crippen LogP contribution in [0.5, 0.6) is 0 Å². The Bertz CT molecular complexity index is 3030. The zero-order valence-electron chi connectivity index (χ0n) is 34.2. The van der Waals surface area contributed by atoms with Crippen LogP contribution >= 0.6 is 11.6 Å². The molecule has 2 aliphatic carbocycles. The van der Waals surface area contributed by atoms with E-state index in [-0.39, 0.29) is 67.1 Å². The van der Waals surface area contributed by atoms with Crippen molar-refractivity contribution >= 4 is 60.8 Å². The minimum atomic E-state index is -3.90. The number of sulfonamides is 1. The number of fused-ring (bicyclic) bond motifs is 5. The summed E-state index contributed by atoms with van der Waals surface area (Å²) in [4.78, 5) is 36.4. The Balaban J connectivity index is 1.24. The first-order valence-corrected chi connectivity index (χ1v) is 22.3. The molecule has 1 saturated carbocycles. The van der Waals surface area contributed by atoms with Crippen molar-refractivity contribution in [1.82, 2.24) is 34.4 Å². The monoisotopic (exact) mass is 915 g/mol. The number of hydrogen-bond acceptors (Lipinski definition) is 8. The molecule has 13 nitrogen and oxygen atoms in total. The van der Waals surface area contributed by atoms with Gasteiger partial charge in [0.2, 0.25) is 15.9 Å². The zero-order valence-corrected chi connectivity index (χ0v) is 35.8. The number of hydrogen-bond donors (Lipinski definition) is 2. The first kappa shape index (κ1) is 42.7. The fraction of sp³-hybridized carbons (Fsp3) is 0.405. The van der Waals surface area contributed by atoms with Gasteiger partial charge in [0.15, 0.2) is 5.82 Å². The molecule has 1 saturated heterocycles. The van der Waals surface area contributed by atoms with Crippen LogP contribution in [0.1, 0.15) is 79.8 Å². The van der Waals surface area contributed by atoms with Gasteiger partial charge in [-0.3, -0.25) is 28.2 Å². The predicted octanol–water partition coefficient (Wildman–Crippen LogP) is 7.65. The number of piperidine rings is 1. The van der Waals surface area contributed by atoms with Crippen molar-refractivity contribution in [2.75, 3.05) is 29.0 Å². The van der Waals surface area contributed by atoms with Crippen molar-refractivity contribution in [2.45, 2.75) is 70.4 Å². The summed E-state index contributed by atoms with van der Waals surface area (Å²) in [6.07, 6.45) is -0.916. The number of carbonyl (C=O) groups excluding carboxylic acids is 1. The number of alkyl halides is 4. The van der Waals surface area contributed by atoms with Gasteiger partial charge in [0, 0.05) is 49.8 Å². The minimum absolute atomic E-state index is 0.00334. The molecule has 9 rings (SSSR count). The first-order chi connectivity index (χ1) is 29.6. The van der Waals surface area contributed by atoms with Crippen molar-refractivity contribution in [3.05, 3.63) is 104 Å². The number of anilines is 2. The molecular weight excluding hydrogens is 876 g/mol. The maximum Gasteiger partial charge on any atom is 0.293 e. The third kappa shape index (κ3) is 7.67. The lowest BCUT2D eigenvalue weighted by molar-refractivity contribution is -0.123. The van der Waals surface area contributed by atoms with Gasteiger partial charge in [-0.25, -0.2) is 31.0 Å². The van der Waals surface area contributed by atoms with Crippen molar-refractivity contribution in [2.24, 2.45) is 18.4 Å². The van der Waals surface area contributed by atoms with Gasteiger partial charge in [-0.05, 0) is 78.6 Å².